The number of esters is 2. The predicted molar refractivity (Wildman–Crippen MR) is 115 cm³/mol. The number of hydrogen-bond donors (Lipinski definition) is 0. The van der Waals surface area contributed by atoms with Gasteiger partial charge in [-0.15, -0.1) is 0 Å². The normalized spacial score (nSPS) is 10.6. The van der Waals surface area contributed by atoms with E-state index < -0.39 is 11.9 Å². The highest BCUT2D eigenvalue weighted by molar-refractivity contribution is 5.98. The molecule has 4 heteroatoms. The van der Waals surface area contributed by atoms with Crippen molar-refractivity contribution in [3.05, 3.63) is 0 Å². The summed E-state index contributed by atoms with van der Waals surface area (Å²) in [5.74, 6) is 4.64. The number of hydrogen-bond acceptors (Lipinski definition) is 4. The summed E-state index contributed by atoms with van der Waals surface area (Å²) < 4.78 is 10.0. The number of carbonyl (C=O) groups excluding carboxylic acids is 2. The van der Waals surface area contributed by atoms with Crippen molar-refractivity contribution >= 4 is 11.9 Å². The zero-order valence-electron chi connectivity index (χ0n) is 18.7. The Bertz CT molecular complexity index is 417. The van der Waals surface area contributed by atoms with E-state index in [2.05, 4.69) is 39.5 Å². The average Bonchev–Trinajstić information content (AvgIpc) is 2.63. The van der Waals surface area contributed by atoms with Gasteiger partial charge in [0.05, 0.1) is 13.2 Å². The van der Waals surface area contributed by atoms with Gasteiger partial charge in [-0.2, -0.15) is 0 Å². The fraction of sp³-hybridized carbons (Fsp3) is 0.833. The summed E-state index contributed by atoms with van der Waals surface area (Å²) in [5, 5.41) is 0. The van der Waals surface area contributed by atoms with Crippen LogP contribution in [-0.2, 0) is 19.1 Å². The maximum absolute atomic E-state index is 11.5. The highest BCUT2D eigenvalue weighted by atomic mass is 16.5. The van der Waals surface area contributed by atoms with Gasteiger partial charge in [-0.1, -0.05) is 91.9 Å². The van der Waals surface area contributed by atoms with Crippen LogP contribution in [0.2, 0.25) is 0 Å². The summed E-state index contributed by atoms with van der Waals surface area (Å²) in [6, 6.07) is 0. The molecule has 0 radical (unpaired) electrons. The molecule has 0 rings (SSSR count). The molecule has 0 fully saturated rings. The summed E-state index contributed by atoms with van der Waals surface area (Å²) in [7, 11) is 0. The van der Waals surface area contributed by atoms with E-state index >= 15 is 0 Å². The molecule has 0 saturated heterocycles. The molecule has 162 valence electrons. The van der Waals surface area contributed by atoms with Crippen molar-refractivity contribution in [3.8, 4) is 11.8 Å². The van der Waals surface area contributed by atoms with E-state index in [1.54, 1.807) is 0 Å². The van der Waals surface area contributed by atoms with Crippen LogP contribution in [0.25, 0.3) is 0 Å². The monoisotopic (exact) mass is 394 g/mol. The highest BCUT2D eigenvalue weighted by Crippen LogP contribution is 2.11. The third-order valence-corrected chi connectivity index (χ3v) is 4.58. The first-order valence-electron chi connectivity index (χ1n) is 11.3. The van der Waals surface area contributed by atoms with Gasteiger partial charge in [0.15, 0.2) is 0 Å². The molecule has 0 bridgehead atoms. The van der Waals surface area contributed by atoms with Crippen LogP contribution in [0.1, 0.15) is 105 Å². The van der Waals surface area contributed by atoms with Crippen molar-refractivity contribution in [3.63, 3.8) is 0 Å². The molecule has 0 aliphatic rings. The molecule has 0 unspecified atom stereocenters. The lowest BCUT2D eigenvalue weighted by molar-refractivity contribution is -0.138. The van der Waals surface area contributed by atoms with E-state index in [9.17, 15) is 9.59 Å². The topological polar surface area (TPSA) is 52.6 Å². The Morgan fingerprint density at radius 1 is 0.571 bits per heavy atom. The van der Waals surface area contributed by atoms with E-state index in [1.165, 1.54) is 51.4 Å². The maximum atomic E-state index is 11.5. The highest BCUT2D eigenvalue weighted by Gasteiger charge is 2.01. The van der Waals surface area contributed by atoms with E-state index in [4.69, 9.17) is 9.47 Å². The molecule has 0 aromatic carbocycles. The molecule has 0 heterocycles. The summed E-state index contributed by atoms with van der Waals surface area (Å²) >= 11 is 0. The van der Waals surface area contributed by atoms with Gasteiger partial charge in [0, 0.05) is 11.8 Å². The molecule has 0 aromatic rings. The first kappa shape index (κ1) is 26.5. The first-order valence-corrected chi connectivity index (χ1v) is 11.3. The quantitative estimate of drug-likeness (QED) is 0.138. The van der Waals surface area contributed by atoms with Crippen LogP contribution >= 0.6 is 0 Å². The van der Waals surface area contributed by atoms with Gasteiger partial charge in [-0.3, -0.25) is 0 Å². The lowest BCUT2D eigenvalue weighted by Crippen LogP contribution is -2.06. The lowest BCUT2D eigenvalue weighted by Gasteiger charge is -2.04. The van der Waals surface area contributed by atoms with E-state index in [1.807, 2.05) is 0 Å². The van der Waals surface area contributed by atoms with Crippen LogP contribution in [0.4, 0.5) is 0 Å². The molecule has 0 aliphatic carbocycles. The number of ether oxygens (including phenoxy) is 2. The molecule has 0 saturated carbocycles. The third-order valence-electron chi connectivity index (χ3n) is 4.58. The SMILES string of the molecule is CC(C)CCCCCCCOC(=O)C#CC(=O)OCCCCCCCC(C)C. The lowest BCUT2D eigenvalue weighted by atomic mass is 10.0. The second-order valence-corrected chi connectivity index (χ2v) is 8.42. The second-order valence-electron chi connectivity index (χ2n) is 8.42. The third kappa shape index (κ3) is 20.8. The van der Waals surface area contributed by atoms with Crippen LogP contribution in [0.5, 0.6) is 0 Å². The first-order chi connectivity index (χ1) is 13.4. The molecule has 28 heavy (non-hydrogen) atoms. The Balaban J connectivity index is 3.52. The summed E-state index contributed by atoms with van der Waals surface area (Å²) in [4.78, 5) is 23.0. The predicted octanol–water partition coefficient (Wildman–Crippen LogP) is 6.07. The van der Waals surface area contributed by atoms with Crippen LogP contribution in [-0.4, -0.2) is 25.2 Å². The van der Waals surface area contributed by atoms with E-state index in [0.717, 1.165) is 37.5 Å². The van der Waals surface area contributed by atoms with Crippen molar-refractivity contribution in [1.29, 1.82) is 0 Å². The molecule has 0 aromatic heterocycles. The molecule has 0 N–H and O–H groups in total. The van der Waals surface area contributed by atoms with Crippen molar-refractivity contribution < 1.29 is 19.1 Å². The minimum atomic E-state index is -0.651. The van der Waals surface area contributed by atoms with Crippen LogP contribution in [0.15, 0.2) is 0 Å². The molecule has 4 nitrogen and oxygen atoms in total. The fourth-order valence-electron chi connectivity index (χ4n) is 2.87. The largest absolute Gasteiger partial charge is 0.456 e. The molecule has 0 atom stereocenters. The van der Waals surface area contributed by atoms with Crippen molar-refractivity contribution in [2.45, 2.75) is 105 Å². The minimum absolute atomic E-state index is 0.365. The van der Waals surface area contributed by atoms with Crippen molar-refractivity contribution in [2.24, 2.45) is 11.8 Å². The van der Waals surface area contributed by atoms with Gasteiger partial charge >= 0.3 is 11.9 Å². The maximum Gasteiger partial charge on any atom is 0.384 e. The van der Waals surface area contributed by atoms with Gasteiger partial charge < -0.3 is 9.47 Å². The van der Waals surface area contributed by atoms with E-state index in [-0.39, 0.29) is 0 Å². The molecule has 0 aliphatic heterocycles. The van der Waals surface area contributed by atoms with Gasteiger partial charge in [0.2, 0.25) is 0 Å². The van der Waals surface area contributed by atoms with Crippen molar-refractivity contribution in [2.75, 3.05) is 13.2 Å². The average molecular weight is 395 g/mol. The number of unbranched alkanes of at least 4 members (excludes halogenated alkanes) is 8. The molecule has 0 amide bonds. The van der Waals surface area contributed by atoms with Gasteiger partial charge in [-0.25, -0.2) is 9.59 Å². The molecule has 0 spiro atoms. The standard InChI is InChI=1S/C24H42O4/c1-21(2)15-11-7-5-9-13-19-27-23(25)17-18-24(26)28-20-14-10-6-8-12-16-22(3)4/h21-22H,5-16,19-20H2,1-4H3. The Kier molecular flexibility index (Phi) is 17.8. The summed E-state index contributed by atoms with van der Waals surface area (Å²) in [5.41, 5.74) is 0. The van der Waals surface area contributed by atoms with Crippen molar-refractivity contribution in [1.82, 2.24) is 0 Å². The fourth-order valence-corrected chi connectivity index (χ4v) is 2.87. The number of carbonyl (C=O) groups is 2. The Hall–Kier alpha value is -1.50. The van der Waals surface area contributed by atoms with Gasteiger partial charge in [0.1, 0.15) is 0 Å². The summed E-state index contributed by atoms with van der Waals surface area (Å²) in [6.07, 6.45) is 13.7. The van der Waals surface area contributed by atoms with Gasteiger partial charge in [-0.05, 0) is 24.7 Å². The molecular weight excluding hydrogens is 352 g/mol. The van der Waals surface area contributed by atoms with Gasteiger partial charge in [0.25, 0.3) is 0 Å². The zero-order chi connectivity index (χ0) is 21.0. The number of rotatable bonds is 16. The minimum Gasteiger partial charge on any atom is -0.456 e. The van der Waals surface area contributed by atoms with Crippen LogP contribution in [0.3, 0.4) is 0 Å². The Morgan fingerprint density at radius 3 is 1.25 bits per heavy atom. The molecular formula is C24H42O4. The summed E-state index contributed by atoms with van der Waals surface area (Å²) in [6.45, 7) is 9.70. The zero-order valence-corrected chi connectivity index (χ0v) is 18.7. The second kappa shape index (κ2) is 18.8. The van der Waals surface area contributed by atoms with Crippen LogP contribution < -0.4 is 0 Å². The smallest absolute Gasteiger partial charge is 0.384 e. The van der Waals surface area contributed by atoms with Crippen LogP contribution in [0, 0.1) is 23.7 Å². The Labute approximate surface area is 173 Å². The Morgan fingerprint density at radius 2 is 0.893 bits per heavy atom. The van der Waals surface area contributed by atoms with E-state index in [0.29, 0.717) is 13.2 Å².